The lowest BCUT2D eigenvalue weighted by Gasteiger charge is -2.22. The summed E-state index contributed by atoms with van der Waals surface area (Å²) in [7, 11) is 1.33. The van der Waals surface area contributed by atoms with Crippen molar-refractivity contribution in [3.05, 3.63) is 64.7 Å². The largest absolute Gasteiger partial charge is 0.468 e. The molecule has 2 aromatic carbocycles. The summed E-state index contributed by atoms with van der Waals surface area (Å²) in [5, 5.41) is 3.37. The quantitative estimate of drug-likeness (QED) is 0.816. The van der Waals surface area contributed by atoms with Crippen LogP contribution in [0.25, 0.3) is 0 Å². The van der Waals surface area contributed by atoms with E-state index >= 15 is 0 Å². The van der Waals surface area contributed by atoms with Crippen molar-refractivity contribution in [3.63, 3.8) is 0 Å². The lowest BCUT2D eigenvalue weighted by atomic mass is 10.1. The number of para-hydroxylation sites is 1. The van der Waals surface area contributed by atoms with Gasteiger partial charge < -0.3 is 10.1 Å². The number of ether oxygens (including phenoxy) is 1. The van der Waals surface area contributed by atoms with Crippen LogP contribution in [0.4, 0.5) is 14.5 Å². The van der Waals surface area contributed by atoms with Crippen molar-refractivity contribution in [2.45, 2.75) is 19.5 Å². The molecule has 0 radical (unpaired) electrons. The lowest BCUT2D eigenvalue weighted by Crippen LogP contribution is -2.30. The zero-order chi connectivity index (χ0) is 17.8. The van der Waals surface area contributed by atoms with Crippen LogP contribution in [0.2, 0.25) is 0 Å². The number of nitrogens with one attached hydrogen (secondary N) is 1. The number of methoxy groups -OCH3 is 1. The number of hydrogen-bond acceptors (Lipinski definition) is 4. The zero-order valence-electron chi connectivity index (χ0n) is 14.0. The van der Waals surface area contributed by atoms with Gasteiger partial charge in [-0.1, -0.05) is 24.3 Å². The van der Waals surface area contributed by atoms with E-state index in [4.69, 9.17) is 4.74 Å². The van der Waals surface area contributed by atoms with Crippen molar-refractivity contribution in [2.24, 2.45) is 0 Å². The van der Waals surface area contributed by atoms with Crippen LogP contribution >= 0.6 is 0 Å². The van der Waals surface area contributed by atoms with E-state index in [-0.39, 0.29) is 12.5 Å². The van der Waals surface area contributed by atoms with Gasteiger partial charge in [-0.2, -0.15) is 0 Å². The van der Waals surface area contributed by atoms with Gasteiger partial charge in [0.2, 0.25) is 0 Å². The monoisotopic (exact) mass is 346 g/mol. The molecule has 0 saturated heterocycles. The molecule has 4 nitrogen and oxygen atoms in total. The predicted molar refractivity (Wildman–Crippen MR) is 91.1 cm³/mol. The minimum absolute atomic E-state index is 0.0686. The maximum atomic E-state index is 13.5. The molecular weight excluding hydrogens is 326 g/mol. The summed E-state index contributed by atoms with van der Waals surface area (Å²) < 4.78 is 31.4. The highest BCUT2D eigenvalue weighted by atomic mass is 19.2. The molecule has 0 aromatic heterocycles. The Morgan fingerprint density at radius 1 is 1.20 bits per heavy atom. The van der Waals surface area contributed by atoms with E-state index in [1.165, 1.54) is 18.7 Å². The van der Waals surface area contributed by atoms with Gasteiger partial charge in [0.25, 0.3) is 0 Å². The smallest absolute Gasteiger partial charge is 0.319 e. The topological polar surface area (TPSA) is 41.6 Å². The van der Waals surface area contributed by atoms with E-state index in [0.717, 1.165) is 36.3 Å². The first-order valence-electron chi connectivity index (χ1n) is 8.14. The molecule has 0 aliphatic carbocycles. The van der Waals surface area contributed by atoms with Crippen LogP contribution in [-0.4, -0.2) is 31.1 Å². The minimum atomic E-state index is -0.891. The Labute approximate surface area is 145 Å². The summed E-state index contributed by atoms with van der Waals surface area (Å²) in [6.07, 6.45) is 0.976. The molecule has 1 aliphatic heterocycles. The molecule has 1 heterocycles. The molecule has 6 heteroatoms. The van der Waals surface area contributed by atoms with Gasteiger partial charge in [0, 0.05) is 25.3 Å². The van der Waals surface area contributed by atoms with Gasteiger partial charge in [-0.3, -0.25) is 9.69 Å². The van der Waals surface area contributed by atoms with E-state index in [0.29, 0.717) is 18.7 Å². The summed E-state index contributed by atoms with van der Waals surface area (Å²) in [6, 6.07) is 9.87. The predicted octanol–water partition coefficient (Wildman–Crippen LogP) is 3.11. The molecule has 0 bridgehead atoms. The first-order valence-corrected chi connectivity index (χ1v) is 8.14. The normalized spacial score (nSPS) is 12.8. The summed E-state index contributed by atoms with van der Waals surface area (Å²) in [5.41, 5.74) is 4.02. The van der Waals surface area contributed by atoms with Crippen molar-refractivity contribution < 1.29 is 18.3 Å². The van der Waals surface area contributed by atoms with Gasteiger partial charge in [0.1, 0.15) is 0 Å². The fraction of sp³-hybridized carbons (Fsp3) is 0.316. The van der Waals surface area contributed by atoms with Crippen LogP contribution in [0.15, 0.2) is 36.4 Å². The molecule has 1 aliphatic rings. The number of fused-ring (bicyclic) bond motifs is 1. The second-order valence-corrected chi connectivity index (χ2v) is 6.10. The standard InChI is InChI=1S/C19H20F2N2O2/c1-25-18(24)12-23(10-13-5-6-16(20)17(21)9-13)11-15-4-2-3-14-7-8-22-19(14)15/h2-6,9,22H,7-8,10-12H2,1H3. The van der Waals surface area contributed by atoms with E-state index in [1.807, 2.05) is 17.0 Å². The molecule has 132 valence electrons. The van der Waals surface area contributed by atoms with E-state index in [1.54, 1.807) is 0 Å². The van der Waals surface area contributed by atoms with Crippen LogP contribution in [0.1, 0.15) is 16.7 Å². The highest BCUT2D eigenvalue weighted by Gasteiger charge is 2.18. The maximum absolute atomic E-state index is 13.5. The molecule has 0 saturated carbocycles. The number of carbonyl (C=O) groups is 1. The Balaban J connectivity index is 1.81. The average molecular weight is 346 g/mol. The van der Waals surface area contributed by atoms with Crippen molar-refractivity contribution in [1.29, 1.82) is 0 Å². The molecule has 0 unspecified atom stereocenters. The number of rotatable bonds is 6. The Morgan fingerprint density at radius 2 is 2.04 bits per heavy atom. The average Bonchev–Trinajstić information content (AvgIpc) is 3.08. The van der Waals surface area contributed by atoms with Crippen molar-refractivity contribution in [3.8, 4) is 0 Å². The van der Waals surface area contributed by atoms with Crippen LogP contribution < -0.4 is 5.32 Å². The molecule has 3 rings (SSSR count). The highest BCUT2D eigenvalue weighted by Crippen LogP contribution is 2.27. The van der Waals surface area contributed by atoms with Gasteiger partial charge >= 0.3 is 5.97 Å². The van der Waals surface area contributed by atoms with E-state index < -0.39 is 11.6 Å². The second-order valence-electron chi connectivity index (χ2n) is 6.10. The van der Waals surface area contributed by atoms with E-state index in [2.05, 4.69) is 11.4 Å². The molecule has 0 fully saturated rings. The van der Waals surface area contributed by atoms with Crippen LogP contribution in [0.5, 0.6) is 0 Å². The van der Waals surface area contributed by atoms with Crippen LogP contribution in [0, 0.1) is 11.6 Å². The number of benzene rings is 2. The van der Waals surface area contributed by atoms with Crippen molar-refractivity contribution in [1.82, 2.24) is 4.90 Å². The Hall–Kier alpha value is -2.47. The molecule has 0 amide bonds. The SMILES string of the molecule is COC(=O)CN(Cc1ccc(F)c(F)c1)Cc1cccc2c1NCC2. The molecular formula is C19H20F2N2O2. The summed E-state index contributed by atoms with van der Waals surface area (Å²) >= 11 is 0. The Morgan fingerprint density at radius 3 is 2.80 bits per heavy atom. The minimum Gasteiger partial charge on any atom is -0.468 e. The summed E-state index contributed by atoms with van der Waals surface area (Å²) in [5.74, 6) is -2.14. The number of esters is 1. The van der Waals surface area contributed by atoms with Crippen LogP contribution in [0.3, 0.4) is 0 Å². The zero-order valence-corrected chi connectivity index (χ0v) is 14.0. The number of anilines is 1. The fourth-order valence-electron chi connectivity index (χ4n) is 3.09. The Kier molecular flexibility index (Phi) is 5.28. The van der Waals surface area contributed by atoms with Gasteiger partial charge in [0.05, 0.1) is 13.7 Å². The summed E-state index contributed by atoms with van der Waals surface area (Å²) in [6.45, 7) is 1.78. The molecule has 1 N–H and O–H groups in total. The first kappa shape index (κ1) is 17.4. The fourth-order valence-corrected chi connectivity index (χ4v) is 3.09. The molecule has 25 heavy (non-hydrogen) atoms. The third-order valence-electron chi connectivity index (χ3n) is 4.30. The molecule has 2 aromatic rings. The number of hydrogen-bond donors (Lipinski definition) is 1. The van der Waals surface area contributed by atoms with Gasteiger partial charge in [-0.25, -0.2) is 8.78 Å². The van der Waals surface area contributed by atoms with Crippen molar-refractivity contribution >= 4 is 11.7 Å². The highest BCUT2D eigenvalue weighted by molar-refractivity contribution is 5.71. The third kappa shape index (κ3) is 4.14. The number of halogens is 2. The molecule has 0 spiro atoms. The molecule has 0 atom stereocenters. The van der Waals surface area contributed by atoms with Gasteiger partial charge in [-0.15, -0.1) is 0 Å². The first-order chi connectivity index (χ1) is 12.1. The Bertz CT molecular complexity index is 780. The lowest BCUT2D eigenvalue weighted by molar-refractivity contribution is -0.142. The van der Waals surface area contributed by atoms with Crippen molar-refractivity contribution in [2.75, 3.05) is 25.5 Å². The van der Waals surface area contributed by atoms with Gasteiger partial charge in [-0.05, 0) is 35.2 Å². The summed E-state index contributed by atoms with van der Waals surface area (Å²) in [4.78, 5) is 13.6. The van der Waals surface area contributed by atoms with E-state index in [9.17, 15) is 13.6 Å². The maximum Gasteiger partial charge on any atom is 0.319 e. The van der Waals surface area contributed by atoms with Crippen LogP contribution in [-0.2, 0) is 29.0 Å². The number of nitrogens with zero attached hydrogens (tertiary/aromatic N) is 1. The number of carbonyl (C=O) groups excluding carboxylic acids is 1. The third-order valence-corrected chi connectivity index (χ3v) is 4.30. The second kappa shape index (κ2) is 7.61. The van der Waals surface area contributed by atoms with Gasteiger partial charge in [0.15, 0.2) is 11.6 Å².